The van der Waals surface area contributed by atoms with Crippen LogP contribution in [0, 0.1) is 11.8 Å². The van der Waals surface area contributed by atoms with Crippen molar-refractivity contribution in [2.24, 2.45) is 11.8 Å². The van der Waals surface area contributed by atoms with E-state index in [1.54, 1.807) is 18.3 Å². The molecule has 3 rings (SSSR count). The molecular formula is C16H18ClN3O4. The lowest BCUT2D eigenvalue weighted by atomic mass is 9.86. The van der Waals surface area contributed by atoms with Crippen LogP contribution in [0.2, 0.25) is 5.02 Å². The molecule has 0 aromatic carbocycles. The van der Waals surface area contributed by atoms with Crippen molar-refractivity contribution in [1.82, 2.24) is 14.9 Å². The number of amides is 1. The Balaban J connectivity index is 1.72. The molecule has 1 unspecified atom stereocenters. The number of fused-ring (bicyclic) bond motifs is 1. The highest BCUT2D eigenvalue weighted by atomic mass is 35.5. The van der Waals surface area contributed by atoms with E-state index in [9.17, 15) is 14.7 Å². The Morgan fingerprint density at radius 3 is 2.92 bits per heavy atom. The predicted octanol–water partition coefficient (Wildman–Crippen LogP) is 1.84. The molecule has 0 radical (unpaired) electrons. The standard InChI is InChI=1S/C16H18ClN3O4/c17-13-2-1-5-20-14(13)12(9-19-20)15(21)18-8-11(16(22)23)10-3-6-24-7-4-10/h1-2,5,9-11H,3-4,6-8H2,(H,18,21)(H,22,23). The largest absolute Gasteiger partial charge is 0.481 e. The van der Waals surface area contributed by atoms with Crippen molar-refractivity contribution in [1.29, 1.82) is 0 Å². The third-order valence-electron chi connectivity index (χ3n) is 4.37. The van der Waals surface area contributed by atoms with Crippen LogP contribution < -0.4 is 5.32 Å². The van der Waals surface area contributed by atoms with Crippen LogP contribution in [0.5, 0.6) is 0 Å². The summed E-state index contributed by atoms with van der Waals surface area (Å²) < 4.78 is 6.79. The molecule has 1 amide bonds. The summed E-state index contributed by atoms with van der Waals surface area (Å²) in [6.07, 6.45) is 4.51. The number of carbonyl (C=O) groups excluding carboxylic acids is 1. The van der Waals surface area contributed by atoms with E-state index in [1.807, 2.05) is 0 Å². The van der Waals surface area contributed by atoms with E-state index < -0.39 is 11.9 Å². The number of hydrogen-bond donors (Lipinski definition) is 2. The molecule has 2 aromatic heterocycles. The van der Waals surface area contributed by atoms with Gasteiger partial charge in [-0.2, -0.15) is 5.10 Å². The second-order valence-corrected chi connectivity index (χ2v) is 6.22. The van der Waals surface area contributed by atoms with Crippen LogP contribution in [0.1, 0.15) is 23.2 Å². The molecule has 2 aromatic rings. The fraction of sp³-hybridized carbons (Fsp3) is 0.438. The van der Waals surface area contributed by atoms with Crippen molar-refractivity contribution in [3.05, 3.63) is 35.1 Å². The zero-order chi connectivity index (χ0) is 17.1. The van der Waals surface area contributed by atoms with Gasteiger partial charge in [0.1, 0.15) is 0 Å². The molecule has 0 saturated carbocycles. The van der Waals surface area contributed by atoms with Gasteiger partial charge in [-0.1, -0.05) is 11.6 Å². The number of aromatic nitrogens is 2. The fourth-order valence-corrected chi connectivity index (χ4v) is 3.30. The number of nitrogens with zero attached hydrogens (tertiary/aromatic N) is 2. The first-order chi connectivity index (χ1) is 11.6. The highest BCUT2D eigenvalue weighted by molar-refractivity contribution is 6.34. The summed E-state index contributed by atoms with van der Waals surface area (Å²) >= 11 is 6.13. The van der Waals surface area contributed by atoms with Crippen molar-refractivity contribution in [3.8, 4) is 0 Å². The molecule has 128 valence electrons. The highest BCUT2D eigenvalue weighted by Crippen LogP contribution is 2.24. The molecule has 24 heavy (non-hydrogen) atoms. The van der Waals surface area contributed by atoms with Gasteiger partial charge in [-0.05, 0) is 30.9 Å². The van der Waals surface area contributed by atoms with Crippen molar-refractivity contribution >= 4 is 29.0 Å². The molecule has 3 heterocycles. The Morgan fingerprint density at radius 1 is 1.46 bits per heavy atom. The molecule has 1 aliphatic heterocycles. The van der Waals surface area contributed by atoms with E-state index in [0.29, 0.717) is 42.2 Å². The number of rotatable bonds is 5. The minimum atomic E-state index is -0.903. The number of pyridine rings is 1. The Bertz CT molecular complexity index is 755. The number of carboxylic acids is 1. The molecule has 0 bridgehead atoms. The van der Waals surface area contributed by atoms with Gasteiger partial charge in [0.05, 0.1) is 28.2 Å². The lowest BCUT2D eigenvalue weighted by Gasteiger charge is -2.27. The van der Waals surface area contributed by atoms with Gasteiger partial charge in [0, 0.05) is 26.0 Å². The van der Waals surface area contributed by atoms with Crippen molar-refractivity contribution in [2.45, 2.75) is 12.8 Å². The molecule has 0 aliphatic carbocycles. The summed E-state index contributed by atoms with van der Waals surface area (Å²) in [6, 6.07) is 3.41. The Hall–Kier alpha value is -2.12. The maximum absolute atomic E-state index is 12.4. The minimum Gasteiger partial charge on any atom is -0.481 e. The molecule has 1 fully saturated rings. The molecule has 1 atom stereocenters. The highest BCUT2D eigenvalue weighted by Gasteiger charge is 2.30. The van der Waals surface area contributed by atoms with E-state index in [4.69, 9.17) is 16.3 Å². The van der Waals surface area contributed by atoms with Gasteiger partial charge in [-0.25, -0.2) is 4.52 Å². The summed E-state index contributed by atoms with van der Waals surface area (Å²) in [6.45, 7) is 1.19. The number of halogens is 1. The minimum absolute atomic E-state index is 0.00374. The average Bonchev–Trinajstić information content (AvgIpc) is 3.01. The number of ether oxygens (including phenoxy) is 1. The number of carbonyl (C=O) groups is 2. The van der Waals surface area contributed by atoms with Crippen LogP contribution in [0.3, 0.4) is 0 Å². The summed E-state index contributed by atoms with van der Waals surface area (Å²) in [5.41, 5.74) is 0.839. The fourth-order valence-electron chi connectivity index (χ4n) is 3.04. The summed E-state index contributed by atoms with van der Waals surface area (Å²) in [5.74, 6) is -1.91. The molecule has 2 N–H and O–H groups in total. The molecule has 0 spiro atoms. The third kappa shape index (κ3) is 3.37. The van der Waals surface area contributed by atoms with Crippen molar-refractivity contribution < 1.29 is 19.4 Å². The lowest BCUT2D eigenvalue weighted by molar-refractivity contribution is -0.144. The molecule has 7 nitrogen and oxygen atoms in total. The SMILES string of the molecule is O=C(NCC(C(=O)O)C1CCOCC1)c1cnn2cccc(Cl)c12. The summed E-state index contributed by atoms with van der Waals surface area (Å²) in [5, 5.41) is 16.7. The summed E-state index contributed by atoms with van der Waals surface area (Å²) in [7, 11) is 0. The van der Waals surface area contributed by atoms with Crippen LogP contribution in [0.15, 0.2) is 24.5 Å². The average molecular weight is 352 g/mol. The van der Waals surface area contributed by atoms with E-state index in [-0.39, 0.29) is 18.4 Å². The lowest BCUT2D eigenvalue weighted by Crippen LogP contribution is -2.39. The first-order valence-electron chi connectivity index (χ1n) is 7.78. The quantitative estimate of drug-likeness (QED) is 0.857. The Kier molecular flexibility index (Phi) is 5.01. The van der Waals surface area contributed by atoms with Crippen molar-refractivity contribution in [2.75, 3.05) is 19.8 Å². The van der Waals surface area contributed by atoms with Gasteiger partial charge < -0.3 is 15.2 Å². The smallest absolute Gasteiger partial charge is 0.308 e. The molecule has 1 aliphatic rings. The van der Waals surface area contributed by atoms with Gasteiger partial charge in [-0.15, -0.1) is 0 Å². The second kappa shape index (κ2) is 7.19. The second-order valence-electron chi connectivity index (χ2n) is 5.81. The monoisotopic (exact) mass is 351 g/mol. The maximum Gasteiger partial charge on any atom is 0.308 e. The van der Waals surface area contributed by atoms with Gasteiger partial charge in [0.25, 0.3) is 5.91 Å². The topological polar surface area (TPSA) is 92.9 Å². The van der Waals surface area contributed by atoms with Gasteiger partial charge >= 0.3 is 5.97 Å². The molecule has 1 saturated heterocycles. The number of nitrogens with one attached hydrogen (secondary N) is 1. The molecular weight excluding hydrogens is 334 g/mol. The van der Waals surface area contributed by atoms with Gasteiger partial charge in [-0.3, -0.25) is 9.59 Å². The van der Waals surface area contributed by atoms with Crippen molar-refractivity contribution in [3.63, 3.8) is 0 Å². The maximum atomic E-state index is 12.4. The van der Waals surface area contributed by atoms with Crippen LogP contribution >= 0.6 is 11.6 Å². The predicted molar refractivity (Wildman–Crippen MR) is 87.2 cm³/mol. The van der Waals surface area contributed by atoms with Crippen LogP contribution in [0.25, 0.3) is 5.52 Å². The van der Waals surface area contributed by atoms with Gasteiger partial charge in [0.15, 0.2) is 0 Å². The third-order valence-corrected chi connectivity index (χ3v) is 4.68. The van der Waals surface area contributed by atoms with E-state index in [1.165, 1.54) is 10.7 Å². The van der Waals surface area contributed by atoms with Crippen LogP contribution in [-0.4, -0.2) is 46.4 Å². The zero-order valence-electron chi connectivity index (χ0n) is 12.9. The first kappa shape index (κ1) is 16.7. The van der Waals surface area contributed by atoms with Crippen LogP contribution in [-0.2, 0) is 9.53 Å². The van der Waals surface area contributed by atoms with Gasteiger partial charge in [0.2, 0.25) is 0 Å². The Morgan fingerprint density at radius 2 is 2.21 bits per heavy atom. The normalized spacial score (nSPS) is 16.9. The summed E-state index contributed by atoms with van der Waals surface area (Å²) in [4.78, 5) is 24.0. The number of carboxylic acid groups (broad SMARTS) is 1. The first-order valence-corrected chi connectivity index (χ1v) is 8.16. The van der Waals surface area contributed by atoms with E-state index in [2.05, 4.69) is 10.4 Å². The number of hydrogen-bond acceptors (Lipinski definition) is 4. The van der Waals surface area contributed by atoms with E-state index >= 15 is 0 Å². The molecule has 8 heteroatoms. The van der Waals surface area contributed by atoms with E-state index in [0.717, 1.165) is 0 Å². The number of aliphatic carboxylic acids is 1. The zero-order valence-corrected chi connectivity index (χ0v) is 13.7. The van der Waals surface area contributed by atoms with Crippen LogP contribution in [0.4, 0.5) is 0 Å². The Labute approximate surface area is 143 Å².